The van der Waals surface area contributed by atoms with Gasteiger partial charge in [-0.05, 0) is 195 Å². The van der Waals surface area contributed by atoms with Crippen LogP contribution in [0.15, 0.2) is 182 Å². The van der Waals surface area contributed by atoms with Crippen molar-refractivity contribution in [1.82, 2.24) is 25.4 Å². The Labute approximate surface area is 902 Å². The van der Waals surface area contributed by atoms with Crippen LogP contribution < -0.4 is 37.1 Å². The fourth-order valence-corrected chi connectivity index (χ4v) is 29.9. The zero-order chi connectivity index (χ0) is 105. The minimum Gasteiger partial charge on any atom is -0.356 e. The Balaban J connectivity index is 0.981. The van der Waals surface area contributed by atoms with E-state index < -0.39 is 32.4 Å². The maximum absolute atomic E-state index is 14.3. The largest absolute Gasteiger partial charge is 0.356 e. The number of carbonyl (C=O) groups excluding carboxylic acids is 8. The summed E-state index contributed by atoms with van der Waals surface area (Å²) in [5.74, 6) is -2.68. The molecule has 0 bridgehead atoms. The quantitative estimate of drug-likeness (QED) is 0.0216. The first kappa shape index (κ1) is 129. The minimum absolute atomic E-state index is 0.0219. The smallest absolute Gasteiger partial charge is 0.332 e. The summed E-state index contributed by atoms with van der Waals surface area (Å²) in [6.45, 7) is 12.4. The summed E-state index contributed by atoms with van der Waals surface area (Å²) in [5, 5.41) is 15.3. The van der Waals surface area contributed by atoms with E-state index >= 15 is 0 Å². The van der Waals surface area contributed by atoms with Crippen molar-refractivity contribution in [2.75, 3.05) is 58.1 Å². The summed E-state index contributed by atoms with van der Waals surface area (Å²) in [7, 11) is -3.67. The molecule has 0 atom stereocenters. The van der Waals surface area contributed by atoms with Gasteiger partial charge in [0.2, 0.25) is 5.91 Å². The second-order valence-corrected chi connectivity index (χ2v) is 50.0. The number of nitrogens with one attached hydrogen (secondary N) is 1. The van der Waals surface area contributed by atoms with Crippen LogP contribution in [0.5, 0.6) is 0 Å². The summed E-state index contributed by atoms with van der Waals surface area (Å²) in [6, 6.07) is 67.8. The van der Waals surface area contributed by atoms with Crippen LogP contribution in [0, 0.1) is 0 Å². The highest BCUT2D eigenvalue weighted by Gasteiger charge is 2.46. The summed E-state index contributed by atoms with van der Waals surface area (Å²) < 4.78 is 0. The number of hydrogen-bond donors (Lipinski definition) is 1. The molecule has 0 saturated carbocycles. The zero-order valence-corrected chi connectivity index (χ0v) is 95.8. The molecule has 0 radical (unpaired) electrons. The molecule has 6 aromatic rings. The highest BCUT2D eigenvalue weighted by atomic mass is 31.2. The molecule has 18 heteroatoms. The van der Waals surface area contributed by atoms with Gasteiger partial charge in [0, 0.05) is 64.8 Å². The van der Waals surface area contributed by atoms with Crippen molar-refractivity contribution < 1.29 is 52.9 Å². The molecule has 148 heavy (non-hydrogen) atoms. The molecule has 6 aromatic carbocycles. The van der Waals surface area contributed by atoms with Crippen LogP contribution in [0.25, 0.3) is 0 Å². The molecular formula is C130H207N5O11P2+2. The number of hydroxylamine groups is 6. The molecule has 0 aliphatic carbocycles. The Morgan fingerprint density at radius 3 is 0.696 bits per heavy atom. The molecule has 0 fully saturated rings. The highest BCUT2D eigenvalue weighted by molar-refractivity contribution is 7.96. The van der Waals surface area contributed by atoms with Gasteiger partial charge in [-0.3, -0.25) is 24.0 Å². The normalized spacial score (nSPS) is 11.6. The van der Waals surface area contributed by atoms with Gasteiger partial charge in [-0.1, -0.05) is 445 Å². The standard InChI is InChI=1S/C130H206N5O11P2/c1-5-8-11-14-17-20-23-26-29-32-39-46-76-101-128(141)144-133(117(4)136)112-83-52-49-63-88-118(137)104-106-126(139)134(145-129(142)102-77-47-40-33-30-27-24-21-18-15-12-9-6-2)113-84-61-79-108-131-125(138)105-107-127(140)135(146-130(143)103-78-48-41-34-31-28-25-22-19-16-13-10-7-3)114-85-62-82-111-132(109-80-50-42-35-37-44-53-86-115-147(119-89-64-55-65-90-119,120-91-66-56-67-92-120)121-93-68-57-69-94-121)110-81-51-43-36-38-45-54-87-116-148(122-95-70-58-71-96-122,123-97-72-59-73-98-123)124-99-74-60-75-100-124/h55-60,64-75,89-100H,5-54,61-63,76-88,101-116H2,1-4H3/q+1/p+1. The van der Waals surface area contributed by atoms with E-state index in [9.17, 15) is 38.4 Å². The SMILES string of the molecule is CCCCCCCCCCCCCCCC(=O)ON(CCCCCCC(=O)CCC(=O)N(CCCCCNC(=O)CCC(=O)N(CCCCCN(CCCCCCCCCC[P+](c1ccccc1)(c1ccccc1)c1ccccc1)CCCCCCCCCC[P+](c1ccccc1)(c1ccccc1)c1ccccc1)OC(=O)CCCCCCCCCCCCCCC)OC(=O)CCCCCCCCCCCCCCC)C(C)=O. The number of unbranched alkanes of at least 4 members (excludes halogenated alkanes) is 57. The van der Waals surface area contributed by atoms with Crippen molar-refractivity contribution in [3.8, 4) is 0 Å². The molecule has 1 N–H and O–H groups in total. The lowest BCUT2D eigenvalue weighted by atomic mass is 10.0. The van der Waals surface area contributed by atoms with Gasteiger partial charge in [0.05, 0.1) is 32.0 Å². The van der Waals surface area contributed by atoms with E-state index in [0.717, 1.165) is 113 Å². The van der Waals surface area contributed by atoms with E-state index in [-0.39, 0.29) is 94.1 Å². The van der Waals surface area contributed by atoms with Crippen molar-refractivity contribution in [2.45, 2.75) is 496 Å². The van der Waals surface area contributed by atoms with E-state index in [2.05, 4.69) is 213 Å². The van der Waals surface area contributed by atoms with Crippen LogP contribution >= 0.6 is 14.5 Å². The number of Topliss-reactive ketones (excluding diaryl/α,β-unsaturated/α-hetero) is 1. The lowest BCUT2D eigenvalue weighted by Crippen LogP contribution is -2.35. The highest BCUT2D eigenvalue weighted by Crippen LogP contribution is 2.57. The molecule has 0 heterocycles. The Morgan fingerprint density at radius 2 is 0.426 bits per heavy atom. The Bertz CT molecular complexity index is 3930. The van der Waals surface area contributed by atoms with Crippen molar-refractivity contribution in [3.63, 3.8) is 0 Å². The van der Waals surface area contributed by atoms with E-state index in [1.165, 1.54) is 339 Å². The van der Waals surface area contributed by atoms with Crippen LogP contribution in [-0.2, 0) is 52.9 Å². The first-order valence-corrected chi connectivity index (χ1v) is 64.8. The summed E-state index contributed by atoms with van der Waals surface area (Å²) in [4.78, 5) is 127. The van der Waals surface area contributed by atoms with Gasteiger partial charge in [-0.15, -0.1) is 0 Å². The molecule has 826 valence electrons. The topological polar surface area (TPSA) is 189 Å². The molecule has 0 unspecified atom stereocenters. The zero-order valence-electron chi connectivity index (χ0n) is 94.0. The fraction of sp³-hybridized carbons (Fsp3) is 0.662. The van der Waals surface area contributed by atoms with Gasteiger partial charge in [0.1, 0.15) is 52.1 Å². The number of carbonyl (C=O) groups is 8. The van der Waals surface area contributed by atoms with Crippen LogP contribution in [0.3, 0.4) is 0 Å². The number of nitrogens with zero attached hydrogens (tertiary/aromatic N) is 4. The summed E-state index contributed by atoms with van der Waals surface area (Å²) in [5.41, 5.74) is 0. The molecule has 0 aromatic heterocycles. The third kappa shape index (κ3) is 59.4. The number of benzene rings is 6. The molecule has 4 amide bonds. The molecular weight excluding hydrogens is 1870 g/mol. The third-order valence-corrected chi connectivity index (χ3v) is 39.1. The monoisotopic (exact) mass is 2080 g/mol. The Kier molecular flexibility index (Phi) is 76.1. The van der Waals surface area contributed by atoms with Gasteiger partial charge in [0.15, 0.2) is 0 Å². The van der Waals surface area contributed by atoms with Crippen LogP contribution in [0.2, 0.25) is 0 Å². The van der Waals surface area contributed by atoms with E-state index in [4.69, 9.17) is 14.5 Å². The van der Waals surface area contributed by atoms with Crippen molar-refractivity contribution in [1.29, 1.82) is 0 Å². The minimum atomic E-state index is -1.83. The fourth-order valence-electron chi connectivity index (χ4n) is 21.1. The van der Waals surface area contributed by atoms with Gasteiger partial charge >= 0.3 is 17.9 Å². The number of hydrogen-bond acceptors (Lipinski definition) is 12. The molecule has 6 rings (SSSR count). The van der Waals surface area contributed by atoms with Gasteiger partial charge in [0.25, 0.3) is 17.7 Å². The molecule has 16 nitrogen and oxygen atoms in total. The molecule has 0 saturated heterocycles. The van der Waals surface area contributed by atoms with Crippen molar-refractivity contribution in [3.05, 3.63) is 182 Å². The first-order chi connectivity index (χ1) is 72.7. The Hall–Kier alpha value is -7.90. The summed E-state index contributed by atoms with van der Waals surface area (Å²) in [6.07, 6.45) is 76.5. The van der Waals surface area contributed by atoms with Gasteiger partial charge in [-0.2, -0.15) is 15.2 Å². The average Bonchev–Trinajstić information content (AvgIpc) is 0.761. The maximum atomic E-state index is 14.3. The number of ketones is 1. The lowest BCUT2D eigenvalue weighted by Gasteiger charge is -2.27. The number of rotatable bonds is 95. The third-order valence-electron chi connectivity index (χ3n) is 30.1. The van der Waals surface area contributed by atoms with E-state index in [1.807, 2.05) is 0 Å². The van der Waals surface area contributed by atoms with E-state index in [0.29, 0.717) is 64.3 Å². The predicted octanol–water partition coefficient (Wildman–Crippen LogP) is 32.4. The second kappa shape index (κ2) is 87.5. The predicted molar refractivity (Wildman–Crippen MR) is 628 cm³/mol. The Morgan fingerprint density at radius 1 is 0.216 bits per heavy atom. The van der Waals surface area contributed by atoms with Crippen LogP contribution in [-0.4, -0.2) is 126 Å². The van der Waals surface area contributed by atoms with Crippen molar-refractivity contribution in [2.24, 2.45) is 0 Å². The maximum Gasteiger partial charge on any atom is 0.332 e. The summed E-state index contributed by atoms with van der Waals surface area (Å²) >= 11 is 0. The van der Waals surface area contributed by atoms with Gasteiger partial charge in [-0.25, -0.2) is 14.4 Å². The van der Waals surface area contributed by atoms with E-state index in [1.54, 1.807) is 0 Å². The van der Waals surface area contributed by atoms with Crippen LogP contribution in [0.1, 0.15) is 496 Å². The molecule has 0 aliphatic rings. The number of amides is 4. The van der Waals surface area contributed by atoms with Crippen molar-refractivity contribution >= 4 is 93.7 Å². The lowest BCUT2D eigenvalue weighted by molar-refractivity contribution is -0.199. The van der Waals surface area contributed by atoms with Crippen LogP contribution in [0.4, 0.5) is 0 Å². The van der Waals surface area contributed by atoms with Gasteiger partial charge < -0.3 is 24.7 Å². The second-order valence-electron chi connectivity index (χ2n) is 42.7. The molecule has 0 spiro atoms. The molecule has 0 aliphatic heterocycles. The first-order valence-electron chi connectivity index (χ1n) is 60.9. The average molecular weight is 2080 g/mol.